The van der Waals surface area contributed by atoms with E-state index in [1.807, 2.05) is 18.3 Å². The molecule has 3 rings (SSSR count). The van der Waals surface area contributed by atoms with Gasteiger partial charge in [0.2, 0.25) is 0 Å². The normalized spacial score (nSPS) is 14.9. The number of rotatable bonds is 6. The van der Waals surface area contributed by atoms with Gasteiger partial charge in [-0.1, -0.05) is 13.0 Å². The van der Waals surface area contributed by atoms with E-state index in [1.165, 1.54) is 12.8 Å². The molecule has 1 aromatic heterocycles. The number of likely N-dealkylation sites (N-methyl/N-ethyl adjacent to an activating group) is 1. The van der Waals surface area contributed by atoms with Crippen LogP contribution in [0.25, 0.3) is 10.8 Å². The smallest absolute Gasteiger partial charge is 0.0630 e. The molecular weight excluding hydrogens is 248 g/mol. The van der Waals surface area contributed by atoms with E-state index >= 15 is 0 Å². The highest BCUT2D eigenvalue weighted by Gasteiger charge is 2.27. The molecule has 0 aliphatic heterocycles. The van der Waals surface area contributed by atoms with Gasteiger partial charge in [0.25, 0.3) is 0 Å². The molecule has 1 aliphatic carbocycles. The maximum absolute atomic E-state index is 6.24. The van der Waals surface area contributed by atoms with Crippen LogP contribution < -0.4 is 11.1 Å². The second kappa shape index (κ2) is 5.67. The molecule has 1 heterocycles. The van der Waals surface area contributed by atoms with Gasteiger partial charge in [-0.15, -0.1) is 0 Å². The lowest BCUT2D eigenvalue weighted by molar-refractivity contribution is 0.289. The highest BCUT2D eigenvalue weighted by atomic mass is 15.2. The number of nitrogens with two attached hydrogens (primary N) is 1. The number of fused-ring (bicyclic) bond motifs is 1. The maximum atomic E-state index is 6.24. The Hall–Kier alpha value is -1.81. The predicted molar refractivity (Wildman–Crippen MR) is 84.9 cm³/mol. The summed E-state index contributed by atoms with van der Waals surface area (Å²) in [7, 11) is 0. The van der Waals surface area contributed by atoms with Crippen LogP contribution in [-0.4, -0.2) is 35.6 Å². The van der Waals surface area contributed by atoms with E-state index in [-0.39, 0.29) is 0 Å². The standard InChI is InChI=1S/C16H22N4/c1-2-20(13-4-5-13)10-9-19-15-6-3-12-11-18-8-7-14(12)16(15)17/h3,6-8,11,13,19H,2,4-5,9-10,17H2,1H3. The Bertz CT molecular complexity index is 592. The Morgan fingerprint density at radius 1 is 1.35 bits per heavy atom. The quantitative estimate of drug-likeness (QED) is 0.792. The molecule has 0 spiro atoms. The van der Waals surface area contributed by atoms with E-state index in [0.29, 0.717) is 0 Å². The van der Waals surface area contributed by atoms with Crippen LogP contribution in [0.3, 0.4) is 0 Å². The highest BCUT2D eigenvalue weighted by Crippen LogP contribution is 2.28. The molecule has 0 atom stereocenters. The van der Waals surface area contributed by atoms with Crippen molar-refractivity contribution in [2.24, 2.45) is 0 Å². The molecule has 0 amide bonds. The molecule has 0 radical (unpaired) electrons. The fourth-order valence-electron chi connectivity index (χ4n) is 2.72. The average molecular weight is 270 g/mol. The van der Waals surface area contributed by atoms with Gasteiger partial charge < -0.3 is 11.1 Å². The van der Waals surface area contributed by atoms with Crippen molar-refractivity contribution < 1.29 is 0 Å². The Morgan fingerprint density at radius 2 is 2.20 bits per heavy atom. The van der Waals surface area contributed by atoms with Crippen molar-refractivity contribution in [3.63, 3.8) is 0 Å². The van der Waals surface area contributed by atoms with E-state index in [1.54, 1.807) is 6.20 Å². The summed E-state index contributed by atoms with van der Waals surface area (Å²) in [6.07, 6.45) is 6.35. The second-order valence-corrected chi connectivity index (χ2v) is 5.41. The number of nitrogens with one attached hydrogen (secondary N) is 1. The van der Waals surface area contributed by atoms with Crippen molar-refractivity contribution in [1.29, 1.82) is 0 Å². The molecule has 1 aliphatic rings. The molecule has 0 bridgehead atoms. The van der Waals surface area contributed by atoms with Crippen molar-refractivity contribution in [3.05, 3.63) is 30.6 Å². The summed E-state index contributed by atoms with van der Waals surface area (Å²) in [5, 5.41) is 5.62. The predicted octanol–water partition coefficient (Wildman–Crippen LogP) is 2.71. The summed E-state index contributed by atoms with van der Waals surface area (Å²) in [4.78, 5) is 6.66. The topological polar surface area (TPSA) is 54.2 Å². The zero-order valence-corrected chi connectivity index (χ0v) is 12.0. The van der Waals surface area contributed by atoms with Crippen LogP contribution in [0.5, 0.6) is 0 Å². The van der Waals surface area contributed by atoms with Crippen LogP contribution in [-0.2, 0) is 0 Å². The fraction of sp³-hybridized carbons (Fsp3) is 0.438. The number of nitrogens with zero attached hydrogens (tertiary/aromatic N) is 2. The summed E-state index contributed by atoms with van der Waals surface area (Å²) >= 11 is 0. The largest absolute Gasteiger partial charge is 0.397 e. The molecule has 106 valence electrons. The molecule has 0 unspecified atom stereocenters. The van der Waals surface area contributed by atoms with E-state index in [0.717, 1.165) is 47.8 Å². The summed E-state index contributed by atoms with van der Waals surface area (Å²) in [5.41, 5.74) is 8.08. The first-order valence-electron chi connectivity index (χ1n) is 7.39. The molecule has 20 heavy (non-hydrogen) atoms. The van der Waals surface area contributed by atoms with Crippen LogP contribution in [0.1, 0.15) is 19.8 Å². The minimum atomic E-state index is 0.819. The number of pyridine rings is 1. The Kier molecular flexibility index (Phi) is 3.74. The summed E-state index contributed by atoms with van der Waals surface area (Å²) < 4.78 is 0. The van der Waals surface area contributed by atoms with Gasteiger partial charge in [0.15, 0.2) is 0 Å². The average Bonchev–Trinajstić information content (AvgIpc) is 3.31. The van der Waals surface area contributed by atoms with Gasteiger partial charge in [0.05, 0.1) is 11.4 Å². The van der Waals surface area contributed by atoms with Crippen molar-refractivity contribution in [2.75, 3.05) is 30.7 Å². The van der Waals surface area contributed by atoms with Crippen LogP contribution >= 0.6 is 0 Å². The zero-order valence-electron chi connectivity index (χ0n) is 12.0. The first-order chi connectivity index (χ1) is 9.79. The van der Waals surface area contributed by atoms with Gasteiger partial charge in [-0.3, -0.25) is 9.88 Å². The van der Waals surface area contributed by atoms with E-state index < -0.39 is 0 Å². The number of nitrogen functional groups attached to an aromatic ring is 1. The van der Waals surface area contributed by atoms with E-state index in [4.69, 9.17) is 5.73 Å². The van der Waals surface area contributed by atoms with E-state index in [9.17, 15) is 0 Å². The van der Waals surface area contributed by atoms with Crippen molar-refractivity contribution in [3.8, 4) is 0 Å². The molecule has 4 nitrogen and oxygen atoms in total. The minimum Gasteiger partial charge on any atom is -0.397 e. The summed E-state index contributed by atoms with van der Waals surface area (Å²) in [6, 6.07) is 6.91. The lowest BCUT2D eigenvalue weighted by Gasteiger charge is -2.20. The zero-order chi connectivity index (χ0) is 13.9. The van der Waals surface area contributed by atoms with Gasteiger partial charge in [-0.25, -0.2) is 0 Å². The van der Waals surface area contributed by atoms with Crippen LogP contribution in [0.15, 0.2) is 30.6 Å². The second-order valence-electron chi connectivity index (χ2n) is 5.41. The molecule has 3 N–H and O–H groups in total. The molecular formula is C16H22N4. The summed E-state index contributed by atoms with van der Waals surface area (Å²) in [6.45, 7) is 5.38. The third-order valence-electron chi connectivity index (χ3n) is 4.05. The molecule has 0 saturated heterocycles. The minimum absolute atomic E-state index is 0.819. The first kappa shape index (κ1) is 13.2. The molecule has 1 aromatic carbocycles. The molecule has 2 aromatic rings. The lowest BCUT2D eigenvalue weighted by Crippen LogP contribution is -2.31. The number of benzene rings is 1. The monoisotopic (exact) mass is 270 g/mol. The Balaban J connectivity index is 1.66. The number of aromatic nitrogens is 1. The number of hydrogen-bond acceptors (Lipinski definition) is 4. The third-order valence-corrected chi connectivity index (χ3v) is 4.05. The van der Waals surface area contributed by atoms with E-state index in [2.05, 4.69) is 28.2 Å². The first-order valence-corrected chi connectivity index (χ1v) is 7.39. The molecule has 1 fully saturated rings. The van der Waals surface area contributed by atoms with Gasteiger partial charge in [0.1, 0.15) is 0 Å². The Morgan fingerprint density at radius 3 is 2.95 bits per heavy atom. The number of hydrogen-bond donors (Lipinski definition) is 2. The van der Waals surface area contributed by atoms with Gasteiger partial charge in [0, 0.05) is 42.3 Å². The summed E-state index contributed by atoms with van der Waals surface area (Å²) in [5.74, 6) is 0. The molecule has 4 heteroatoms. The van der Waals surface area contributed by atoms with Gasteiger partial charge in [-0.05, 0) is 31.5 Å². The van der Waals surface area contributed by atoms with Gasteiger partial charge >= 0.3 is 0 Å². The third kappa shape index (κ3) is 2.70. The van der Waals surface area contributed by atoms with Crippen molar-refractivity contribution in [1.82, 2.24) is 9.88 Å². The molecule has 1 saturated carbocycles. The van der Waals surface area contributed by atoms with Crippen LogP contribution in [0, 0.1) is 0 Å². The SMILES string of the molecule is CCN(CCNc1ccc2cnccc2c1N)C1CC1. The van der Waals surface area contributed by atoms with Crippen molar-refractivity contribution in [2.45, 2.75) is 25.8 Å². The highest BCUT2D eigenvalue weighted by molar-refractivity contribution is 5.98. The van der Waals surface area contributed by atoms with Crippen LogP contribution in [0.4, 0.5) is 11.4 Å². The van der Waals surface area contributed by atoms with Gasteiger partial charge in [-0.2, -0.15) is 0 Å². The fourth-order valence-corrected chi connectivity index (χ4v) is 2.72. The van der Waals surface area contributed by atoms with Crippen LogP contribution in [0.2, 0.25) is 0 Å². The Labute approximate surface area is 120 Å². The maximum Gasteiger partial charge on any atom is 0.0630 e. The van der Waals surface area contributed by atoms with Crippen molar-refractivity contribution >= 4 is 22.1 Å². The lowest BCUT2D eigenvalue weighted by atomic mass is 10.1. The number of anilines is 2.